The normalized spacial score (nSPS) is 11.0. The molecule has 0 fully saturated rings. The molecule has 6 nitrogen and oxygen atoms in total. The van der Waals surface area contributed by atoms with Crippen LogP contribution >= 0.6 is 23.2 Å². The second-order valence-corrected chi connectivity index (χ2v) is 6.80. The molecule has 0 aromatic heterocycles. The average molecular weight is 355 g/mol. The van der Waals surface area contributed by atoms with Gasteiger partial charge in [-0.05, 0) is 25.1 Å². The number of carbonyl (C=O) groups is 1. The maximum Gasteiger partial charge on any atom is 0.407 e. The van der Waals surface area contributed by atoms with Crippen LogP contribution in [0, 0.1) is 0 Å². The highest BCUT2D eigenvalue weighted by Gasteiger charge is 2.18. The molecule has 0 aliphatic rings. The summed E-state index contributed by atoms with van der Waals surface area (Å²) in [4.78, 5) is 11.2. The zero-order chi connectivity index (χ0) is 16.0. The summed E-state index contributed by atoms with van der Waals surface area (Å²) in [5.41, 5.74) is 0.373. The third-order valence-electron chi connectivity index (χ3n) is 2.45. The number of carbonyl (C=O) groups excluding carboxylic acids is 1. The standard InChI is InChI=1S/C12H16Cl2N2O4S/c1-3-20-12(17)15-6-7-16(21(2,18)19)9-4-5-10(13)11(14)8-9/h4-5,8H,3,6-7H2,1-2H3,(H,15,17). The predicted octanol–water partition coefficient (Wildman–Crippen LogP) is 2.51. The molecule has 9 heteroatoms. The van der Waals surface area contributed by atoms with Gasteiger partial charge in [-0.25, -0.2) is 13.2 Å². The minimum atomic E-state index is -3.52. The Kier molecular flexibility index (Phi) is 6.57. The number of ether oxygens (including phenoxy) is 1. The van der Waals surface area contributed by atoms with Gasteiger partial charge in [0.15, 0.2) is 0 Å². The van der Waals surface area contributed by atoms with E-state index in [2.05, 4.69) is 5.32 Å². The summed E-state index contributed by atoms with van der Waals surface area (Å²) < 4.78 is 29.5. The first-order chi connectivity index (χ1) is 9.75. The molecule has 21 heavy (non-hydrogen) atoms. The molecule has 0 radical (unpaired) electrons. The molecule has 0 heterocycles. The lowest BCUT2D eigenvalue weighted by atomic mass is 10.3. The van der Waals surface area contributed by atoms with Crippen molar-refractivity contribution in [1.82, 2.24) is 5.32 Å². The van der Waals surface area contributed by atoms with Gasteiger partial charge in [0.2, 0.25) is 10.0 Å². The molecule has 1 aromatic rings. The zero-order valence-corrected chi connectivity index (χ0v) is 13.9. The largest absolute Gasteiger partial charge is 0.450 e. The van der Waals surface area contributed by atoms with Crippen LogP contribution < -0.4 is 9.62 Å². The van der Waals surface area contributed by atoms with E-state index in [4.69, 9.17) is 27.9 Å². The Morgan fingerprint density at radius 2 is 2.00 bits per heavy atom. The Morgan fingerprint density at radius 1 is 1.33 bits per heavy atom. The second-order valence-electron chi connectivity index (χ2n) is 4.08. The summed E-state index contributed by atoms with van der Waals surface area (Å²) in [6.07, 6.45) is 0.472. The fourth-order valence-electron chi connectivity index (χ4n) is 1.57. The van der Waals surface area contributed by atoms with E-state index >= 15 is 0 Å². The minimum Gasteiger partial charge on any atom is -0.450 e. The fourth-order valence-corrected chi connectivity index (χ4v) is 2.78. The summed E-state index contributed by atoms with van der Waals surface area (Å²) >= 11 is 11.7. The molecule has 0 saturated carbocycles. The molecular formula is C12H16Cl2N2O4S. The topological polar surface area (TPSA) is 75.7 Å². The number of anilines is 1. The molecule has 0 aliphatic heterocycles. The van der Waals surface area contributed by atoms with Crippen LogP contribution in [-0.2, 0) is 14.8 Å². The second kappa shape index (κ2) is 7.72. The van der Waals surface area contributed by atoms with Crippen molar-refractivity contribution in [3.63, 3.8) is 0 Å². The van der Waals surface area contributed by atoms with E-state index in [1.54, 1.807) is 13.0 Å². The highest BCUT2D eigenvalue weighted by molar-refractivity contribution is 7.92. The highest BCUT2D eigenvalue weighted by Crippen LogP contribution is 2.28. The van der Waals surface area contributed by atoms with E-state index in [-0.39, 0.29) is 24.7 Å². The van der Waals surface area contributed by atoms with Crippen LogP contribution in [0.3, 0.4) is 0 Å². The number of amides is 1. The quantitative estimate of drug-likeness (QED) is 0.851. The summed E-state index contributed by atoms with van der Waals surface area (Å²) in [7, 11) is -3.52. The van der Waals surface area contributed by atoms with Crippen molar-refractivity contribution in [2.75, 3.05) is 30.3 Å². The van der Waals surface area contributed by atoms with Crippen LogP contribution in [0.4, 0.5) is 10.5 Å². The number of nitrogens with zero attached hydrogens (tertiary/aromatic N) is 1. The third kappa shape index (κ3) is 5.61. The zero-order valence-electron chi connectivity index (χ0n) is 11.6. The lowest BCUT2D eigenvalue weighted by Gasteiger charge is -2.22. The number of hydrogen-bond donors (Lipinski definition) is 1. The van der Waals surface area contributed by atoms with Crippen LogP contribution in [0.25, 0.3) is 0 Å². The van der Waals surface area contributed by atoms with E-state index in [0.29, 0.717) is 10.7 Å². The SMILES string of the molecule is CCOC(=O)NCCN(c1ccc(Cl)c(Cl)c1)S(C)(=O)=O. The molecule has 1 aromatic carbocycles. The van der Waals surface area contributed by atoms with Crippen molar-refractivity contribution in [1.29, 1.82) is 0 Å². The summed E-state index contributed by atoms with van der Waals surface area (Å²) in [6.45, 7) is 2.08. The van der Waals surface area contributed by atoms with Gasteiger partial charge in [0.05, 0.1) is 35.1 Å². The first kappa shape index (κ1) is 17.9. The number of nitrogens with one attached hydrogen (secondary N) is 1. The molecule has 0 unspecified atom stereocenters. The molecule has 1 amide bonds. The van der Waals surface area contributed by atoms with Crippen LogP contribution in [0.1, 0.15) is 6.92 Å². The number of benzene rings is 1. The Balaban J connectivity index is 2.82. The van der Waals surface area contributed by atoms with Crippen LogP contribution in [0.5, 0.6) is 0 Å². The Labute approximate surface area is 134 Å². The minimum absolute atomic E-state index is 0.0512. The number of rotatable bonds is 6. The van der Waals surface area contributed by atoms with E-state index < -0.39 is 16.1 Å². The first-order valence-corrected chi connectivity index (χ1v) is 8.69. The van der Waals surface area contributed by atoms with Crippen molar-refractivity contribution < 1.29 is 17.9 Å². The first-order valence-electron chi connectivity index (χ1n) is 6.09. The number of alkyl carbamates (subject to hydrolysis) is 1. The molecule has 0 spiro atoms. The van der Waals surface area contributed by atoms with E-state index in [0.717, 1.165) is 10.6 Å². The third-order valence-corrected chi connectivity index (χ3v) is 4.38. The van der Waals surface area contributed by atoms with Gasteiger partial charge in [0, 0.05) is 6.54 Å². The van der Waals surface area contributed by atoms with Gasteiger partial charge in [0.25, 0.3) is 0 Å². The maximum absolute atomic E-state index is 11.8. The summed E-state index contributed by atoms with van der Waals surface area (Å²) in [5, 5.41) is 3.04. The van der Waals surface area contributed by atoms with Crippen molar-refractivity contribution in [3.8, 4) is 0 Å². The smallest absolute Gasteiger partial charge is 0.407 e. The van der Waals surface area contributed by atoms with Gasteiger partial charge in [-0.15, -0.1) is 0 Å². The maximum atomic E-state index is 11.8. The van der Waals surface area contributed by atoms with Crippen molar-refractivity contribution in [2.24, 2.45) is 0 Å². The predicted molar refractivity (Wildman–Crippen MR) is 83.7 cm³/mol. The lowest BCUT2D eigenvalue weighted by Crippen LogP contribution is -2.38. The van der Waals surface area contributed by atoms with Gasteiger partial charge in [-0.2, -0.15) is 0 Å². The average Bonchev–Trinajstić information content (AvgIpc) is 2.37. The van der Waals surface area contributed by atoms with Gasteiger partial charge >= 0.3 is 6.09 Å². The number of hydrogen-bond acceptors (Lipinski definition) is 4. The van der Waals surface area contributed by atoms with E-state index in [1.165, 1.54) is 12.1 Å². The van der Waals surface area contributed by atoms with Crippen molar-refractivity contribution in [2.45, 2.75) is 6.92 Å². The molecule has 0 saturated heterocycles. The van der Waals surface area contributed by atoms with E-state index in [9.17, 15) is 13.2 Å². The van der Waals surface area contributed by atoms with Crippen LogP contribution in [0.15, 0.2) is 18.2 Å². The van der Waals surface area contributed by atoms with Gasteiger partial charge in [-0.1, -0.05) is 23.2 Å². The van der Waals surface area contributed by atoms with Crippen LogP contribution in [-0.4, -0.2) is 40.5 Å². The molecule has 0 bridgehead atoms. The molecule has 1 rings (SSSR count). The molecule has 0 aliphatic carbocycles. The fraction of sp³-hybridized carbons (Fsp3) is 0.417. The van der Waals surface area contributed by atoms with Crippen molar-refractivity contribution >= 4 is 45.0 Å². The van der Waals surface area contributed by atoms with Gasteiger partial charge < -0.3 is 10.1 Å². The Bertz CT molecular complexity index is 607. The van der Waals surface area contributed by atoms with Gasteiger partial charge in [0.1, 0.15) is 0 Å². The molecule has 118 valence electrons. The summed E-state index contributed by atoms with van der Waals surface area (Å²) in [5.74, 6) is 0. The van der Waals surface area contributed by atoms with Crippen LogP contribution in [0.2, 0.25) is 10.0 Å². The highest BCUT2D eigenvalue weighted by atomic mass is 35.5. The van der Waals surface area contributed by atoms with Crippen molar-refractivity contribution in [3.05, 3.63) is 28.2 Å². The monoisotopic (exact) mass is 354 g/mol. The number of halogens is 2. The molecule has 1 N–H and O–H groups in total. The number of sulfonamides is 1. The Morgan fingerprint density at radius 3 is 2.52 bits per heavy atom. The lowest BCUT2D eigenvalue weighted by molar-refractivity contribution is 0.152. The molecular weight excluding hydrogens is 339 g/mol. The Hall–Kier alpha value is -1.18. The molecule has 0 atom stereocenters. The van der Waals surface area contributed by atoms with E-state index in [1.807, 2.05) is 0 Å². The summed E-state index contributed by atoms with van der Waals surface area (Å²) in [6, 6.07) is 4.51. The van der Waals surface area contributed by atoms with Gasteiger partial charge in [-0.3, -0.25) is 4.31 Å².